The molecule has 316 valence electrons. The van der Waals surface area contributed by atoms with Crippen LogP contribution in [0.2, 0.25) is 0 Å². The van der Waals surface area contributed by atoms with Gasteiger partial charge in [0.2, 0.25) is 0 Å². The first-order chi connectivity index (χ1) is 30.3. The molecule has 0 saturated carbocycles. The lowest BCUT2D eigenvalue weighted by Gasteiger charge is -2.22. The quantitative estimate of drug-likeness (QED) is 0.0470. The zero-order valence-corrected chi connectivity index (χ0v) is 36.1. The molecule has 62 heavy (non-hydrogen) atoms. The Morgan fingerprint density at radius 3 is 1.35 bits per heavy atom. The van der Waals surface area contributed by atoms with Gasteiger partial charge in [-0.25, -0.2) is 4.79 Å². The molecule has 0 atom stereocenters. The lowest BCUT2D eigenvalue weighted by atomic mass is 9.82. The van der Waals surface area contributed by atoms with E-state index in [9.17, 15) is 19.2 Å². The van der Waals surface area contributed by atoms with Crippen LogP contribution in [0.1, 0.15) is 155 Å². The predicted octanol–water partition coefficient (Wildman–Crippen LogP) is 14.1. The lowest BCUT2D eigenvalue weighted by molar-refractivity contribution is 0.0731. The van der Waals surface area contributed by atoms with Crippen molar-refractivity contribution in [1.82, 2.24) is 0 Å². The molecule has 1 N–H and O–H groups in total. The Bertz CT molecular complexity index is 2310. The number of anilines is 1. The number of nitrogens with one attached hydrogen (secondary N) is 1. The molecule has 7 rings (SSSR count). The maximum Gasteiger partial charge on any atom is 0.343 e. The summed E-state index contributed by atoms with van der Waals surface area (Å²) in [6, 6.07) is 41.1. The van der Waals surface area contributed by atoms with Crippen molar-refractivity contribution < 1.29 is 23.9 Å². The van der Waals surface area contributed by atoms with E-state index in [4.69, 9.17) is 4.74 Å². The van der Waals surface area contributed by atoms with E-state index in [2.05, 4.69) is 67.7 Å². The second-order valence-electron chi connectivity index (χ2n) is 16.5. The van der Waals surface area contributed by atoms with Gasteiger partial charge in [-0.05, 0) is 95.5 Å². The SMILES string of the molecule is CCCCCCCCc1ccc(-c2ccc(C(=O)Nc3ccc(OC(=O)c4ccc(-c5ccc(CCCCCCCC)cc5)cc4)c4c3C(=O)c3ccccc3C4=O)cc2)cc1. The largest absolute Gasteiger partial charge is 0.422 e. The van der Waals surface area contributed by atoms with Crippen LogP contribution in [-0.2, 0) is 12.8 Å². The Kier molecular flexibility index (Phi) is 15.1. The summed E-state index contributed by atoms with van der Waals surface area (Å²) in [6.45, 7) is 4.47. The topological polar surface area (TPSA) is 89.5 Å². The molecular formula is C56H57NO5. The van der Waals surface area contributed by atoms with Gasteiger partial charge in [-0.15, -0.1) is 0 Å². The number of unbranched alkanes of at least 4 members (excludes halogenated alkanes) is 10. The second kappa shape index (κ2) is 21.4. The van der Waals surface area contributed by atoms with E-state index in [1.165, 1.54) is 100 Å². The van der Waals surface area contributed by atoms with Crippen LogP contribution in [0.5, 0.6) is 5.75 Å². The molecule has 6 aromatic carbocycles. The van der Waals surface area contributed by atoms with Gasteiger partial charge >= 0.3 is 5.97 Å². The molecule has 0 fully saturated rings. The van der Waals surface area contributed by atoms with Gasteiger partial charge in [0, 0.05) is 16.7 Å². The van der Waals surface area contributed by atoms with Crippen LogP contribution >= 0.6 is 0 Å². The number of fused-ring (bicyclic) bond motifs is 2. The van der Waals surface area contributed by atoms with Crippen LogP contribution in [0.15, 0.2) is 133 Å². The molecule has 0 aromatic heterocycles. The smallest absolute Gasteiger partial charge is 0.343 e. The highest BCUT2D eigenvalue weighted by atomic mass is 16.5. The minimum absolute atomic E-state index is 0.0136. The standard InChI is InChI=1S/C56H57NO5/c1-3-5-7-9-11-13-17-39-21-25-41(26-22-39)43-29-33-45(34-30-43)55(60)57-49-37-38-50(52-51(49)53(58)47-19-15-16-20-48(47)54(52)59)62-56(61)46-35-31-44(32-36-46)42-27-23-40(24-28-42)18-14-12-10-8-6-4-2/h15-16,19-38H,3-14,17-18H2,1-2H3,(H,57,60). The van der Waals surface area contributed by atoms with Crippen molar-refractivity contribution in [2.75, 3.05) is 5.32 Å². The Hall–Kier alpha value is -6.40. The molecule has 0 aliphatic heterocycles. The first-order valence-corrected chi connectivity index (χ1v) is 22.6. The number of hydrogen-bond donors (Lipinski definition) is 1. The molecule has 0 heterocycles. The second-order valence-corrected chi connectivity index (χ2v) is 16.5. The number of carbonyl (C=O) groups excluding carboxylic acids is 4. The monoisotopic (exact) mass is 823 g/mol. The highest BCUT2D eigenvalue weighted by Crippen LogP contribution is 2.38. The van der Waals surface area contributed by atoms with E-state index >= 15 is 0 Å². The van der Waals surface area contributed by atoms with Gasteiger partial charge < -0.3 is 10.1 Å². The van der Waals surface area contributed by atoms with Crippen molar-refractivity contribution >= 4 is 29.1 Å². The number of carbonyl (C=O) groups is 4. The average molecular weight is 824 g/mol. The molecule has 0 bridgehead atoms. The molecule has 1 amide bonds. The van der Waals surface area contributed by atoms with Crippen molar-refractivity contribution in [3.8, 4) is 28.0 Å². The fourth-order valence-corrected chi connectivity index (χ4v) is 8.30. The molecule has 0 spiro atoms. The van der Waals surface area contributed by atoms with E-state index < -0.39 is 23.4 Å². The summed E-state index contributed by atoms with van der Waals surface area (Å²) in [5.41, 5.74) is 7.89. The molecule has 6 aromatic rings. The number of hydrogen-bond acceptors (Lipinski definition) is 5. The molecule has 1 aliphatic rings. The fraction of sp³-hybridized carbons (Fsp3) is 0.286. The van der Waals surface area contributed by atoms with Crippen LogP contribution in [0.25, 0.3) is 22.3 Å². The number of esters is 1. The number of ketones is 2. The predicted molar refractivity (Wildman–Crippen MR) is 251 cm³/mol. The normalized spacial score (nSPS) is 11.8. The minimum Gasteiger partial charge on any atom is -0.422 e. The molecule has 1 aliphatic carbocycles. The number of benzene rings is 6. The first-order valence-electron chi connectivity index (χ1n) is 22.6. The third kappa shape index (κ3) is 10.7. The van der Waals surface area contributed by atoms with Crippen LogP contribution < -0.4 is 10.1 Å². The van der Waals surface area contributed by atoms with E-state index in [0.717, 1.165) is 35.1 Å². The first kappa shape index (κ1) is 43.7. The lowest BCUT2D eigenvalue weighted by Crippen LogP contribution is -2.25. The third-order valence-corrected chi connectivity index (χ3v) is 12.0. The molecule has 0 radical (unpaired) electrons. The molecule has 6 nitrogen and oxygen atoms in total. The third-order valence-electron chi connectivity index (χ3n) is 12.0. The van der Waals surface area contributed by atoms with Gasteiger partial charge in [-0.2, -0.15) is 0 Å². The van der Waals surface area contributed by atoms with Crippen LogP contribution in [0, 0.1) is 0 Å². The average Bonchev–Trinajstić information content (AvgIpc) is 3.31. The fourth-order valence-electron chi connectivity index (χ4n) is 8.30. The summed E-state index contributed by atoms with van der Waals surface area (Å²) in [5, 5.41) is 2.87. The molecule has 0 saturated heterocycles. The van der Waals surface area contributed by atoms with E-state index in [1.807, 2.05) is 24.3 Å². The van der Waals surface area contributed by atoms with Gasteiger partial charge in [0.15, 0.2) is 11.6 Å². The summed E-state index contributed by atoms with van der Waals surface area (Å²) in [7, 11) is 0. The summed E-state index contributed by atoms with van der Waals surface area (Å²) < 4.78 is 5.88. The summed E-state index contributed by atoms with van der Waals surface area (Å²) in [6.07, 6.45) is 17.4. The van der Waals surface area contributed by atoms with Gasteiger partial charge in [0.05, 0.1) is 22.4 Å². The number of amides is 1. The summed E-state index contributed by atoms with van der Waals surface area (Å²) in [4.78, 5) is 55.5. The van der Waals surface area contributed by atoms with Crippen molar-refractivity contribution in [1.29, 1.82) is 0 Å². The Morgan fingerprint density at radius 1 is 0.452 bits per heavy atom. The van der Waals surface area contributed by atoms with Crippen LogP contribution in [-0.4, -0.2) is 23.4 Å². The van der Waals surface area contributed by atoms with Crippen molar-refractivity contribution in [2.24, 2.45) is 0 Å². The van der Waals surface area contributed by atoms with Crippen molar-refractivity contribution in [3.05, 3.63) is 178 Å². The van der Waals surface area contributed by atoms with Gasteiger partial charge in [-0.1, -0.05) is 175 Å². The molecule has 6 heteroatoms. The van der Waals surface area contributed by atoms with Crippen molar-refractivity contribution in [2.45, 2.75) is 104 Å². The van der Waals surface area contributed by atoms with E-state index in [1.54, 1.807) is 48.5 Å². The number of ether oxygens (including phenoxy) is 1. The highest BCUT2D eigenvalue weighted by molar-refractivity contribution is 6.32. The minimum atomic E-state index is -0.670. The highest BCUT2D eigenvalue weighted by Gasteiger charge is 2.35. The molecule has 0 unspecified atom stereocenters. The zero-order chi connectivity index (χ0) is 43.3. The van der Waals surface area contributed by atoms with Crippen LogP contribution in [0.3, 0.4) is 0 Å². The molecular weight excluding hydrogens is 767 g/mol. The maximum absolute atomic E-state index is 14.1. The van der Waals surface area contributed by atoms with Gasteiger partial charge in [0.1, 0.15) is 5.75 Å². The Balaban J connectivity index is 1.03. The van der Waals surface area contributed by atoms with Gasteiger partial charge in [0.25, 0.3) is 5.91 Å². The van der Waals surface area contributed by atoms with Crippen LogP contribution in [0.4, 0.5) is 5.69 Å². The Labute approximate surface area is 366 Å². The number of aryl methyl sites for hydroxylation is 2. The van der Waals surface area contributed by atoms with E-state index in [0.29, 0.717) is 11.1 Å². The number of rotatable bonds is 20. The van der Waals surface area contributed by atoms with E-state index in [-0.39, 0.29) is 33.7 Å². The van der Waals surface area contributed by atoms with Gasteiger partial charge in [-0.3, -0.25) is 14.4 Å². The van der Waals surface area contributed by atoms with Crippen molar-refractivity contribution in [3.63, 3.8) is 0 Å². The zero-order valence-electron chi connectivity index (χ0n) is 36.1. The summed E-state index contributed by atoms with van der Waals surface area (Å²) in [5.74, 6) is -2.07. The Morgan fingerprint density at radius 2 is 0.871 bits per heavy atom. The summed E-state index contributed by atoms with van der Waals surface area (Å²) >= 11 is 0. The maximum atomic E-state index is 14.1.